The number of hydrogen-bond acceptors (Lipinski definition) is 4. The standard InChI is InChI=1S/C19H23N3O3/c1-14(2)15-5-7-17(8-6-15)21-19(23)4-3-13-20-16-9-11-18(12-10-16)22(24)25/h5-12,14,20H,3-4,13H2,1-2H3,(H,21,23). The van der Waals surface area contributed by atoms with Crippen LogP contribution >= 0.6 is 0 Å². The molecule has 0 spiro atoms. The van der Waals surface area contributed by atoms with Gasteiger partial charge in [-0.25, -0.2) is 0 Å². The Hall–Kier alpha value is -2.89. The van der Waals surface area contributed by atoms with Gasteiger partial charge in [0.15, 0.2) is 0 Å². The highest BCUT2D eigenvalue weighted by atomic mass is 16.6. The zero-order valence-electron chi connectivity index (χ0n) is 14.5. The molecule has 0 aliphatic rings. The van der Waals surface area contributed by atoms with Crippen LogP contribution in [0, 0.1) is 10.1 Å². The van der Waals surface area contributed by atoms with Crippen molar-refractivity contribution in [1.29, 1.82) is 0 Å². The van der Waals surface area contributed by atoms with Crippen LogP contribution < -0.4 is 10.6 Å². The van der Waals surface area contributed by atoms with Crippen LogP contribution in [0.1, 0.15) is 38.2 Å². The molecule has 2 aromatic carbocycles. The van der Waals surface area contributed by atoms with E-state index in [1.165, 1.54) is 17.7 Å². The lowest BCUT2D eigenvalue weighted by Gasteiger charge is -2.09. The Kier molecular flexibility index (Phi) is 6.51. The molecule has 25 heavy (non-hydrogen) atoms. The summed E-state index contributed by atoms with van der Waals surface area (Å²) in [5.74, 6) is 0.443. The Labute approximate surface area is 147 Å². The lowest BCUT2D eigenvalue weighted by atomic mass is 10.0. The summed E-state index contributed by atoms with van der Waals surface area (Å²) in [5.41, 5.74) is 2.91. The predicted molar refractivity (Wildman–Crippen MR) is 100.0 cm³/mol. The van der Waals surface area contributed by atoms with Crippen molar-refractivity contribution in [3.05, 3.63) is 64.2 Å². The number of nitrogens with one attached hydrogen (secondary N) is 2. The number of carbonyl (C=O) groups is 1. The summed E-state index contributed by atoms with van der Waals surface area (Å²) >= 11 is 0. The van der Waals surface area contributed by atoms with Crippen molar-refractivity contribution in [2.45, 2.75) is 32.6 Å². The molecule has 0 fully saturated rings. The van der Waals surface area contributed by atoms with Crippen molar-refractivity contribution in [1.82, 2.24) is 0 Å². The number of nitrogens with zero attached hydrogens (tertiary/aromatic N) is 1. The van der Waals surface area contributed by atoms with Crippen LogP contribution in [0.2, 0.25) is 0 Å². The molecule has 0 unspecified atom stereocenters. The Morgan fingerprint density at radius 2 is 1.64 bits per heavy atom. The van der Waals surface area contributed by atoms with Gasteiger partial charge in [0.25, 0.3) is 5.69 Å². The molecule has 1 amide bonds. The SMILES string of the molecule is CC(C)c1ccc(NC(=O)CCCNc2ccc([N+](=O)[O-])cc2)cc1. The Bertz CT molecular complexity index is 710. The maximum Gasteiger partial charge on any atom is 0.269 e. The van der Waals surface area contributed by atoms with E-state index < -0.39 is 4.92 Å². The minimum Gasteiger partial charge on any atom is -0.385 e. The second-order valence-electron chi connectivity index (χ2n) is 6.16. The fraction of sp³-hybridized carbons (Fsp3) is 0.316. The zero-order valence-corrected chi connectivity index (χ0v) is 14.5. The van der Waals surface area contributed by atoms with E-state index in [2.05, 4.69) is 24.5 Å². The Morgan fingerprint density at radius 1 is 1.04 bits per heavy atom. The van der Waals surface area contributed by atoms with Crippen LogP contribution in [0.3, 0.4) is 0 Å². The summed E-state index contributed by atoms with van der Waals surface area (Å²) in [4.78, 5) is 22.1. The highest BCUT2D eigenvalue weighted by Gasteiger charge is 2.05. The van der Waals surface area contributed by atoms with Crippen LogP contribution in [-0.2, 0) is 4.79 Å². The molecule has 132 valence electrons. The van der Waals surface area contributed by atoms with Gasteiger partial charge in [-0.05, 0) is 42.2 Å². The fourth-order valence-corrected chi connectivity index (χ4v) is 2.36. The van der Waals surface area contributed by atoms with Crippen molar-refractivity contribution in [3.63, 3.8) is 0 Å². The molecular weight excluding hydrogens is 318 g/mol. The third kappa shape index (κ3) is 5.91. The van der Waals surface area contributed by atoms with Gasteiger partial charge >= 0.3 is 0 Å². The number of rotatable bonds is 8. The monoisotopic (exact) mass is 341 g/mol. The third-order valence-electron chi connectivity index (χ3n) is 3.85. The minimum atomic E-state index is -0.429. The smallest absolute Gasteiger partial charge is 0.269 e. The number of carbonyl (C=O) groups excluding carboxylic acids is 1. The molecule has 0 bridgehead atoms. The van der Waals surface area contributed by atoms with E-state index in [1.54, 1.807) is 12.1 Å². The highest BCUT2D eigenvalue weighted by molar-refractivity contribution is 5.90. The van der Waals surface area contributed by atoms with Crippen molar-refractivity contribution in [2.75, 3.05) is 17.2 Å². The number of benzene rings is 2. The number of nitro benzene ring substituents is 1. The lowest BCUT2D eigenvalue weighted by Crippen LogP contribution is -2.13. The van der Waals surface area contributed by atoms with Crippen LogP contribution in [-0.4, -0.2) is 17.4 Å². The number of hydrogen-bond donors (Lipinski definition) is 2. The molecule has 0 aromatic heterocycles. The molecule has 0 radical (unpaired) electrons. The average molecular weight is 341 g/mol. The third-order valence-corrected chi connectivity index (χ3v) is 3.85. The average Bonchev–Trinajstić information content (AvgIpc) is 2.59. The molecule has 2 rings (SSSR count). The van der Waals surface area contributed by atoms with Crippen molar-refractivity contribution in [2.24, 2.45) is 0 Å². The van der Waals surface area contributed by atoms with E-state index in [0.717, 1.165) is 11.4 Å². The highest BCUT2D eigenvalue weighted by Crippen LogP contribution is 2.18. The fourth-order valence-electron chi connectivity index (χ4n) is 2.36. The lowest BCUT2D eigenvalue weighted by molar-refractivity contribution is -0.384. The van der Waals surface area contributed by atoms with E-state index in [-0.39, 0.29) is 11.6 Å². The largest absolute Gasteiger partial charge is 0.385 e. The van der Waals surface area contributed by atoms with E-state index in [9.17, 15) is 14.9 Å². The molecule has 0 aliphatic carbocycles. The summed E-state index contributed by atoms with van der Waals surface area (Å²) in [5, 5.41) is 16.6. The van der Waals surface area contributed by atoms with E-state index in [0.29, 0.717) is 25.3 Å². The quantitative estimate of drug-likeness (QED) is 0.419. The van der Waals surface area contributed by atoms with Crippen LogP contribution in [0.15, 0.2) is 48.5 Å². The van der Waals surface area contributed by atoms with E-state index in [4.69, 9.17) is 0 Å². The van der Waals surface area contributed by atoms with Gasteiger partial charge in [-0.15, -0.1) is 0 Å². The molecule has 2 aromatic rings. The van der Waals surface area contributed by atoms with Crippen LogP contribution in [0.5, 0.6) is 0 Å². The molecule has 2 N–H and O–H groups in total. The molecule has 6 nitrogen and oxygen atoms in total. The van der Waals surface area contributed by atoms with Crippen molar-refractivity contribution >= 4 is 23.0 Å². The van der Waals surface area contributed by atoms with Gasteiger partial charge < -0.3 is 10.6 Å². The van der Waals surface area contributed by atoms with Crippen LogP contribution in [0.25, 0.3) is 0 Å². The van der Waals surface area contributed by atoms with Gasteiger partial charge in [0, 0.05) is 36.5 Å². The molecule has 0 heterocycles. The first kappa shape index (κ1) is 18.4. The normalized spacial score (nSPS) is 10.5. The van der Waals surface area contributed by atoms with Gasteiger partial charge in [0.2, 0.25) is 5.91 Å². The second kappa shape index (κ2) is 8.82. The predicted octanol–water partition coefficient (Wildman–Crippen LogP) is 4.55. The van der Waals surface area contributed by atoms with Crippen molar-refractivity contribution in [3.8, 4) is 0 Å². The number of non-ortho nitro benzene ring substituents is 1. The summed E-state index contributed by atoms with van der Waals surface area (Å²) in [7, 11) is 0. The topological polar surface area (TPSA) is 84.3 Å². The Balaban J connectivity index is 1.70. The molecule has 0 aliphatic heterocycles. The van der Waals surface area contributed by atoms with Gasteiger partial charge in [-0.1, -0.05) is 26.0 Å². The summed E-state index contributed by atoms with van der Waals surface area (Å²) in [6.07, 6.45) is 1.08. The molecule has 0 saturated heterocycles. The van der Waals surface area contributed by atoms with Gasteiger partial charge in [-0.2, -0.15) is 0 Å². The number of anilines is 2. The maximum absolute atomic E-state index is 11.9. The van der Waals surface area contributed by atoms with Gasteiger partial charge in [-0.3, -0.25) is 14.9 Å². The van der Waals surface area contributed by atoms with E-state index in [1.807, 2.05) is 24.3 Å². The molecule has 6 heteroatoms. The zero-order chi connectivity index (χ0) is 18.2. The summed E-state index contributed by atoms with van der Waals surface area (Å²) in [6.45, 7) is 4.88. The summed E-state index contributed by atoms with van der Waals surface area (Å²) < 4.78 is 0. The van der Waals surface area contributed by atoms with Gasteiger partial charge in [0.05, 0.1) is 4.92 Å². The maximum atomic E-state index is 11.9. The van der Waals surface area contributed by atoms with E-state index >= 15 is 0 Å². The second-order valence-corrected chi connectivity index (χ2v) is 6.16. The first-order valence-electron chi connectivity index (χ1n) is 8.34. The number of amides is 1. The molecule has 0 atom stereocenters. The van der Waals surface area contributed by atoms with Crippen LogP contribution in [0.4, 0.5) is 17.1 Å². The minimum absolute atomic E-state index is 0.0252. The number of nitro groups is 1. The molecular formula is C19H23N3O3. The first-order chi connectivity index (χ1) is 12.0. The Morgan fingerprint density at radius 3 is 2.20 bits per heavy atom. The molecule has 0 saturated carbocycles. The summed E-state index contributed by atoms with van der Waals surface area (Å²) in [6, 6.07) is 14.1. The first-order valence-corrected chi connectivity index (χ1v) is 8.34. The van der Waals surface area contributed by atoms with Crippen molar-refractivity contribution < 1.29 is 9.72 Å². The van der Waals surface area contributed by atoms with Gasteiger partial charge in [0.1, 0.15) is 0 Å².